The van der Waals surface area contributed by atoms with Gasteiger partial charge in [-0.25, -0.2) is 0 Å². The Morgan fingerprint density at radius 3 is 2.71 bits per heavy atom. The highest BCUT2D eigenvalue weighted by Crippen LogP contribution is 2.34. The van der Waals surface area contributed by atoms with E-state index in [1.54, 1.807) is 0 Å². The molecule has 3 heteroatoms. The fourth-order valence-corrected chi connectivity index (χ4v) is 4.18. The lowest BCUT2D eigenvalue weighted by Gasteiger charge is -2.33. The van der Waals surface area contributed by atoms with Crippen LogP contribution in [-0.4, -0.2) is 48.1 Å². The first-order chi connectivity index (χ1) is 8.05. The predicted molar refractivity (Wildman–Crippen MR) is 77.8 cm³/mol. The summed E-state index contributed by atoms with van der Waals surface area (Å²) in [5.74, 6) is 1.31. The van der Waals surface area contributed by atoms with Gasteiger partial charge >= 0.3 is 0 Å². The molecule has 1 unspecified atom stereocenters. The van der Waals surface area contributed by atoms with Crippen molar-refractivity contribution in [1.29, 1.82) is 0 Å². The van der Waals surface area contributed by atoms with Crippen molar-refractivity contribution in [3.63, 3.8) is 0 Å². The quantitative estimate of drug-likeness (QED) is 0.835. The summed E-state index contributed by atoms with van der Waals surface area (Å²) < 4.78 is 0.488. The molecule has 2 aliphatic rings. The summed E-state index contributed by atoms with van der Waals surface area (Å²) >= 11 is 2.15. The summed E-state index contributed by atoms with van der Waals surface area (Å²) in [4.78, 5) is 2.72. The van der Waals surface area contributed by atoms with Gasteiger partial charge in [-0.2, -0.15) is 11.8 Å². The van der Waals surface area contributed by atoms with Crippen molar-refractivity contribution in [2.45, 2.75) is 44.8 Å². The monoisotopic (exact) mass is 256 g/mol. The summed E-state index contributed by atoms with van der Waals surface area (Å²) in [6.07, 6.45) is 4.04. The molecule has 1 N–H and O–H groups in total. The van der Waals surface area contributed by atoms with E-state index in [0.29, 0.717) is 10.2 Å². The average Bonchev–Trinajstić information content (AvgIpc) is 2.68. The number of hydrogen-bond donors (Lipinski definition) is 1. The number of rotatable bonds is 3. The number of nitrogens with one attached hydrogen (secondary N) is 1. The Kier molecular flexibility index (Phi) is 4.43. The van der Waals surface area contributed by atoms with E-state index in [9.17, 15) is 0 Å². The van der Waals surface area contributed by atoms with Crippen molar-refractivity contribution in [2.24, 2.45) is 5.41 Å². The van der Waals surface area contributed by atoms with Crippen LogP contribution in [0.3, 0.4) is 0 Å². The summed E-state index contributed by atoms with van der Waals surface area (Å²) in [5.41, 5.74) is 0.569. The molecule has 2 fully saturated rings. The third kappa shape index (κ3) is 3.62. The highest BCUT2D eigenvalue weighted by Gasteiger charge is 2.34. The van der Waals surface area contributed by atoms with E-state index < -0.39 is 0 Å². The predicted octanol–water partition coefficient (Wildman–Crippen LogP) is 2.59. The lowest BCUT2D eigenvalue weighted by atomic mass is 9.83. The molecular formula is C14H28N2S. The van der Waals surface area contributed by atoms with E-state index >= 15 is 0 Å². The fraction of sp³-hybridized carbons (Fsp3) is 1.00. The molecular weight excluding hydrogens is 228 g/mol. The zero-order valence-electron chi connectivity index (χ0n) is 11.7. The van der Waals surface area contributed by atoms with Gasteiger partial charge in [0.2, 0.25) is 0 Å². The van der Waals surface area contributed by atoms with Gasteiger partial charge in [0.05, 0.1) is 0 Å². The van der Waals surface area contributed by atoms with Crippen LogP contribution in [0.2, 0.25) is 0 Å². The van der Waals surface area contributed by atoms with Gasteiger partial charge < -0.3 is 10.2 Å². The lowest BCUT2D eigenvalue weighted by molar-refractivity contribution is 0.163. The van der Waals surface area contributed by atoms with E-state index in [-0.39, 0.29) is 0 Å². The smallest absolute Gasteiger partial charge is 0.0116 e. The van der Waals surface area contributed by atoms with Crippen molar-refractivity contribution in [2.75, 3.05) is 38.5 Å². The molecule has 0 aromatic heterocycles. The Morgan fingerprint density at radius 1 is 1.24 bits per heavy atom. The molecule has 2 nitrogen and oxygen atoms in total. The molecule has 0 radical (unpaired) electrons. The van der Waals surface area contributed by atoms with E-state index in [1.165, 1.54) is 57.7 Å². The molecule has 2 heterocycles. The van der Waals surface area contributed by atoms with E-state index in [0.717, 1.165) is 0 Å². The van der Waals surface area contributed by atoms with Gasteiger partial charge in [0.1, 0.15) is 0 Å². The number of nitrogens with zero attached hydrogens (tertiary/aromatic N) is 1. The van der Waals surface area contributed by atoms with Gasteiger partial charge in [0, 0.05) is 30.1 Å². The van der Waals surface area contributed by atoms with Crippen LogP contribution in [0.5, 0.6) is 0 Å². The highest BCUT2D eigenvalue weighted by atomic mass is 32.2. The summed E-state index contributed by atoms with van der Waals surface area (Å²) in [6, 6.07) is 0. The van der Waals surface area contributed by atoms with Crippen molar-refractivity contribution >= 4 is 11.8 Å². The van der Waals surface area contributed by atoms with E-state index in [1.807, 2.05) is 0 Å². The molecule has 0 aliphatic carbocycles. The Bertz CT molecular complexity index is 247. The third-order valence-electron chi connectivity index (χ3n) is 4.57. The van der Waals surface area contributed by atoms with Crippen LogP contribution in [0.1, 0.15) is 40.0 Å². The molecule has 100 valence electrons. The topological polar surface area (TPSA) is 15.3 Å². The van der Waals surface area contributed by atoms with Crippen molar-refractivity contribution in [3.8, 4) is 0 Å². The maximum atomic E-state index is 3.55. The zero-order chi connectivity index (χ0) is 12.4. The molecule has 2 rings (SSSR count). The SMILES string of the molecule is CCC1(CN2CCSC(C)(C)CC2)CCNC1. The fourth-order valence-electron chi connectivity index (χ4n) is 3.04. The first kappa shape index (κ1) is 13.7. The minimum atomic E-state index is 0.488. The minimum Gasteiger partial charge on any atom is -0.316 e. The van der Waals surface area contributed by atoms with Crippen LogP contribution in [0, 0.1) is 5.41 Å². The molecule has 1 atom stereocenters. The second-order valence-corrected chi connectivity index (χ2v) is 8.22. The van der Waals surface area contributed by atoms with Gasteiger partial charge in [0.15, 0.2) is 0 Å². The molecule has 0 aromatic rings. The Balaban J connectivity index is 1.90. The van der Waals surface area contributed by atoms with Gasteiger partial charge in [-0.15, -0.1) is 0 Å². The lowest BCUT2D eigenvalue weighted by Crippen LogP contribution is -2.40. The first-order valence-electron chi connectivity index (χ1n) is 7.12. The number of thioether (sulfide) groups is 1. The van der Waals surface area contributed by atoms with E-state index in [2.05, 4.69) is 42.7 Å². The van der Waals surface area contributed by atoms with Crippen LogP contribution in [0.25, 0.3) is 0 Å². The second kappa shape index (κ2) is 5.50. The molecule has 0 aromatic carbocycles. The first-order valence-corrected chi connectivity index (χ1v) is 8.11. The number of hydrogen-bond acceptors (Lipinski definition) is 3. The molecule has 0 saturated carbocycles. The minimum absolute atomic E-state index is 0.488. The summed E-state index contributed by atoms with van der Waals surface area (Å²) in [5, 5.41) is 3.55. The normalized spacial score (nSPS) is 34.8. The molecule has 17 heavy (non-hydrogen) atoms. The van der Waals surface area contributed by atoms with Crippen LogP contribution >= 0.6 is 11.8 Å². The summed E-state index contributed by atoms with van der Waals surface area (Å²) in [6.45, 7) is 13.5. The van der Waals surface area contributed by atoms with Gasteiger partial charge in [-0.05, 0) is 37.8 Å². The molecule has 0 bridgehead atoms. The standard InChI is InChI=1S/C14H28N2S/c1-4-14(5-7-15-11-14)12-16-8-6-13(2,3)17-10-9-16/h15H,4-12H2,1-3H3. The average molecular weight is 256 g/mol. The van der Waals surface area contributed by atoms with Crippen LogP contribution in [0.4, 0.5) is 0 Å². The molecule has 0 spiro atoms. The van der Waals surface area contributed by atoms with E-state index in [4.69, 9.17) is 0 Å². The van der Waals surface area contributed by atoms with Crippen LogP contribution in [0.15, 0.2) is 0 Å². The molecule has 2 aliphatic heterocycles. The van der Waals surface area contributed by atoms with Crippen LogP contribution in [-0.2, 0) is 0 Å². The Labute approximate surface area is 111 Å². The maximum Gasteiger partial charge on any atom is 0.0116 e. The Hall–Kier alpha value is 0.270. The highest BCUT2D eigenvalue weighted by molar-refractivity contribution is 8.00. The third-order valence-corrected chi connectivity index (χ3v) is 5.94. The molecule has 2 saturated heterocycles. The van der Waals surface area contributed by atoms with Crippen molar-refractivity contribution in [1.82, 2.24) is 10.2 Å². The second-order valence-electron chi connectivity index (χ2n) is 6.41. The largest absolute Gasteiger partial charge is 0.316 e. The van der Waals surface area contributed by atoms with Gasteiger partial charge in [-0.3, -0.25) is 0 Å². The summed E-state index contributed by atoms with van der Waals surface area (Å²) in [7, 11) is 0. The maximum absolute atomic E-state index is 3.55. The Morgan fingerprint density at radius 2 is 2.06 bits per heavy atom. The van der Waals surface area contributed by atoms with Crippen LogP contribution < -0.4 is 5.32 Å². The van der Waals surface area contributed by atoms with Crippen molar-refractivity contribution in [3.05, 3.63) is 0 Å². The zero-order valence-corrected chi connectivity index (χ0v) is 12.5. The van der Waals surface area contributed by atoms with Gasteiger partial charge in [0.25, 0.3) is 0 Å². The van der Waals surface area contributed by atoms with Gasteiger partial charge in [-0.1, -0.05) is 20.8 Å². The molecule has 0 amide bonds. The van der Waals surface area contributed by atoms with Crippen molar-refractivity contribution < 1.29 is 0 Å².